The topological polar surface area (TPSA) is 26.5 Å². The zero-order valence-corrected chi connectivity index (χ0v) is 7.30. The van der Waals surface area contributed by atoms with E-state index in [4.69, 9.17) is 4.74 Å². The average molecular weight is 180 g/mol. The van der Waals surface area contributed by atoms with Gasteiger partial charge in [-0.25, -0.2) is 4.98 Å². The third-order valence-corrected chi connectivity index (χ3v) is 3.23. The maximum absolute atomic E-state index is 5.36. The van der Waals surface area contributed by atoms with Crippen LogP contribution >= 0.6 is 11.3 Å². The molecule has 0 aromatic carbocycles. The van der Waals surface area contributed by atoms with E-state index in [9.17, 15) is 0 Å². The molecule has 3 rings (SSSR count). The van der Waals surface area contributed by atoms with E-state index in [1.807, 2.05) is 12.4 Å². The lowest BCUT2D eigenvalue weighted by molar-refractivity contribution is 0.112. The van der Waals surface area contributed by atoms with Crippen molar-refractivity contribution < 1.29 is 4.74 Å². The van der Waals surface area contributed by atoms with Gasteiger partial charge < -0.3 is 4.74 Å². The Balaban J connectivity index is 2.34. The van der Waals surface area contributed by atoms with Crippen LogP contribution in [-0.2, 0) is 17.8 Å². The summed E-state index contributed by atoms with van der Waals surface area (Å²) in [5.74, 6) is 0. The summed E-state index contributed by atoms with van der Waals surface area (Å²) in [5, 5.41) is 0. The lowest BCUT2D eigenvalue weighted by Crippen LogP contribution is -2.09. The predicted molar refractivity (Wildman–Crippen MR) is 46.4 cm³/mol. The first kappa shape index (κ1) is 6.62. The van der Waals surface area contributed by atoms with Gasteiger partial charge in [-0.05, 0) is 0 Å². The van der Waals surface area contributed by atoms with Crippen LogP contribution in [0, 0.1) is 0 Å². The van der Waals surface area contributed by atoms with Gasteiger partial charge in [-0.2, -0.15) is 0 Å². The van der Waals surface area contributed by atoms with Gasteiger partial charge in [-0.15, -0.1) is 0 Å². The van der Waals surface area contributed by atoms with Gasteiger partial charge >= 0.3 is 0 Å². The van der Waals surface area contributed by atoms with Crippen LogP contribution in [0.15, 0.2) is 12.4 Å². The van der Waals surface area contributed by atoms with Crippen molar-refractivity contribution in [1.29, 1.82) is 0 Å². The van der Waals surface area contributed by atoms with E-state index in [1.54, 1.807) is 11.3 Å². The summed E-state index contributed by atoms with van der Waals surface area (Å²) in [5.41, 5.74) is 1.39. The van der Waals surface area contributed by atoms with Crippen LogP contribution in [-0.4, -0.2) is 16.0 Å². The van der Waals surface area contributed by atoms with Crippen LogP contribution in [0.4, 0.5) is 0 Å². The summed E-state index contributed by atoms with van der Waals surface area (Å²) >= 11 is 1.73. The first-order valence-corrected chi connectivity index (χ1v) is 4.78. The molecule has 0 spiro atoms. The van der Waals surface area contributed by atoms with Crippen LogP contribution in [0.1, 0.15) is 10.6 Å². The highest BCUT2D eigenvalue weighted by molar-refractivity contribution is 7.17. The fraction of sp³-hybridized carbons (Fsp3) is 0.375. The molecule has 4 heteroatoms. The molecule has 3 heterocycles. The van der Waals surface area contributed by atoms with Crippen LogP contribution in [0.3, 0.4) is 0 Å². The predicted octanol–water partition coefficient (Wildman–Crippen LogP) is 1.47. The van der Waals surface area contributed by atoms with Gasteiger partial charge in [0, 0.05) is 24.5 Å². The number of ether oxygens (including phenoxy) is 1. The Morgan fingerprint density at radius 2 is 2.58 bits per heavy atom. The van der Waals surface area contributed by atoms with E-state index < -0.39 is 0 Å². The van der Waals surface area contributed by atoms with Gasteiger partial charge in [0.15, 0.2) is 4.96 Å². The zero-order valence-electron chi connectivity index (χ0n) is 6.49. The molecular weight excluding hydrogens is 172 g/mol. The number of imidazole rings is 1. The SMILES string of the molecule is c1cn2c3c(sc2n1)COCC3. The average Bonchev–Trinajstić information content (AvgIpc) is 2.62. The van der Waals surface area contributed by atoms with Crippen molar-refractivity contribution in [3.05, 3.63) is 23.0 Å². The van der Waals surface area contributed by atoms with Crippen molar-refractivity contribution in [1.82, 2.24) is 9.38 Å². The molecule has 0 saturated carbocycles. The molecule has 0 N–H and O–H groups in total. The van der Waals surface area contributed by atoms with Crippen LogP contribution in [0.5, 0.6) is 0 Å². The second kappa shape index (κ2) is 2.31. The van der Waals surface area contributed by atoms with Gasteiger partial charge in [0.1, 0.15) is 0 Å². The lowest BCUT2D eigenvalue weighted by Gasteiger charge is -2.10. The molecule has 0 fully saturated rings. The Bertz CT molecular complexity index is 418. The number of hydrogen-bond acceptors (Lipinski definition) is 3. The van der Waals surface area contributed by atoms with Gasteiger partial charge in [-0.1, -0.05) is 11.3 Å². The highest BCUT2D eigenvalue weighted by atomic mass is 32.1. The fourth-order valence-corrected chi connectivity index (χ4v) is 2.64. The first-order chi connectivity index (χ1) is 5.95. The number of aromatic nitrogens is 2. The monoisotopic (exact) mass is 180 g/mol. The minimum absolute atomic E-state index is 0.767. The van der Waals surface area contributed by atoms with Gasteiger partial charge in [0.25, 0.3) is 0 Å². The summed E-state index contributed by atoms with van der Waals surface area (Å²) in [6.45, 7) is 1.61. The van der Waals surface area contributed by atoms with Crippen LogP contribution < -0.4 is 0 Å². The van der Waals surface area contributed by atoms with E-state index in [1.165, 1.54) is 10.6 Å². The largest absolute Gasteiger partial charge is 0.375 e. The second-order valence-electron chi connectivity index (χ2n) is 2.85. The minimum Gasteiger partial charge on any atom is -0.375 e. The normalized spacial score (nSPS) is 16.7. The molecule has 0 amide bonds. The van der Waals surface area contributed by atoms with Gasteiger partial charge in [0.05, 0.1) is 18.1 Å². The molecule has 0 bridgehead atoms. The smallest absolute Gasteiger partial charge is 0.194 e. The number of hydrogen-bond donors (Lipinski definition) is 0. The van der Waals surface area contributed by atoms with E-state index >= 15 is 0 Å². The Labute approximate surface area is 73.6 Å². The molecule has 0 radical (unpaired) electrons. The molecule has 1 aliphatic heterocycles. The van der Waals surface area contributed by atoms with Crippen LogP contribution in [0.25, 0.3) is 4.96 Å². The zero-order chi connectivity index (χ0) is 7.97. The van der Waals surface area contributed by atoms with Crippen molar-refractivity contribution in [2.45, 2.75) is 13.0 Å². The molecule has 3 nitrogen and oxygen atoms in total. The van der Waals surface area contributed by atoms with Crippen LogP contribution in [0.2, 0.25) is 0 Å². The third kappa shape index (κ3) is 0.763. The quantitative estimate of drug-likeness (QED) is 0.613. The highest BCUT2D eigenvalue weighted by Gasteiger charge is 2.15. The number of thiazole rings is 1. The van der Waals surface area contributed by atoms with E-state index in [-0.39, 0.29) is 0 Å². The summed E-state index contributed by atoms with van der Waals surface area (Å²) < 4.78 is 7.53. The van der Waals surface area contributed by atoms with E-state index in [0.717, 1.165) is 24.6 Å². The van der Waals surface area contributed by atoms with Crippen molar-refractivity contribution >= 4 is 16.3 Å². The maximum Gasteiger partial charge on any atom is 0.194 e. The number of fused-ring (bicyclic) bond motifs is 3. The number of rotatable bonds is 0. The van der Waals surface area contributed by atoms with E-state index in [0.29, 0.717) is 0 Å². The molecule has 1 aliphatic rings. The Morgan fingerprint density at radius 1 is 1.58 bits per heavy atom. The molecular formula is C8H8N2OS. The lowest BCUT2D eigenvalue weighted by atomic mass is 10.2. The summed E-state index contributed by atoms with van der Waals surface area (Å²) in [6, 6.07) is 0. The molecule has 0 aliphatic carbocycles. The minimum atomic E-state index is 0.767. The Kier molecular flexibility index (Phi) is 1.27. The highest BCUT2D eigenvalue weighted by Crippen LogP contribution is 2.26. The van der Waals surface area contributed by atoms with Gasteiger partial charge in [0.2, 0.25) is 0 Å². The number of nitrogens with zero attached hydrogens (tertiary/aromatic N) is 2. The molecule has 2 aromatic rings. The standard InChI is InChI=1S/C8H8N2OS/c1-4-11-5-7-6(1)10-3-2-9-8(10)12-7/h2-3H,1,4-5H2. The fourth-order valence-electron chi connectivity index (χ4n) is 1.58. The summed E-state index contributed by atoms with van der Waals surface area (Å²) in [6.07, 6.45) is 4.89. The Hall–Kier alpha value is -0.870. The maximum atomic E-state index is 5.36. The Morgan fingerprint density at radius 3 is 3.58 bits per heavy atom. The summed E-state index contributed by atoms with van der Waals surface area (Å²) in [7, 11) is 0. The second-order valence-corrected chi connectivity index (χ2v) is 3.92. The van der Waals surface area contributed by atoms with Crippen molar-refractivity contribution in [3.63, 3.8) is 0 Å². The van der Waals surface area contributed by atoms with Gasteiger partial charge in [-0.3, -0.25) is 4.40 Å². The third-order valence-electron chi connectivity index (χ3n) is 2.15. The summed E-state index contributed by atoms with van der Waals surface area (Å²) in [4.78, 5) is 6.68. The molecule has 0 atom stereocenters. The first-order valence-electron chi connectivity index (χ1n) is 3.96. The van der Waals surface area contributed by atoms with Crippen molar-refractivity contribution in [2.75, 3.05) is 6.61 Å². The molecule has 12 heavy (non-hydrogen) atoms. The molecule has 2 aromatic heterocycles. The molecule has 62 valence electrons. The van der Waals surface area contributed by atoms with E-state index in [2.05, 4.69) is 9.38 Å². The van der Waals surface area contributed by atoms with Crippen molar-refractivity contribution in [2.24, 2.45) is 0 Å². The molecule has 0 saturated heterocycles. The van der Waals surface area contributed by atoms with Crippen molar-refractivity contribution in [3.8, 4) is 0 Å². The molecule has 0 unspecified atom stereocenters.